The number of piperazine rings is 1. The number of hydrogen-bond acceptors (Lipinski definition) is 5. The van der Waals surface area contributed by atoms with Gasteiger partial charge in [-0.25, -0.2) is 9.97 Å². The monoisotopic (exact) mass is 400 g/mol. The third kappa shape index (κ3) is 3.15. The Morgan fingerprint density at radius 3 is 2.64 bits per heavy atom. The molecule has 2 unspecified atom stereocenters. The number of hydrogen-bond donors (Lipinski definition) is 0. The number of fused-ring (bicyclic) bond motifs is 2. The van der Waals surface area contributed by atoms with Gasteiger partial charge in [0.1, 0.15) is 13.7 Å². The number of piperidine rings is 1. The van der Waals surface area contributed by atoms with Gasteiger partial charge in [0.15, 0.2) is 0 Å². The Kier molecular flexibility index (Phi) is 4.46. The molecule has 0 amide bonds. The first-order chi connectivity index (χ1) is 12.0. The number of methoxy groups -OCH3 is 1. The van der Waals surface area contributed by atoms with Crippen LogP contribution in [0.2, 0.25) is 0 Å². The highest BCUT2D eigenvalue weighted by atomic mass is 79.9. The van der Waals surface area contributed by atoms with Crippen LogP contribution in [0.1, 0.15) is 17.5 Å². The summed E-state index contributed by atoms with van der Waals surface area (Å²) in [7, 11) is 3.72. The Morgan fingerprint density at radius 1 is 1.24 bits per heavy atom. The molecule has 5 nitrogen and oxygen atoms in total. The normalized spacial score (nSPS) is 22.6. The molecule has 3 aliphatic heterocycles. The fraction of sp³-hybridized carbons (Fsp3) is 0.444. The number of halogens is 1. The molecule has 2 atom stereocenters. The second-order valence-corrected chi connectivity index (χ2v) is 7.94. The fourth-order valence-electron chi connectivity index (χ4n) is 3.96. The average Bonchev–Trinajstić information content (AvgIpc) is 2.62. The zero-order valence-electron chi connectivity index (χ0n) is 14.9. The minimum Gasteiger partial charge on any atom is -0.481 e. The topological polar surface area (TPSA) is 41.5 Å². The molecule has 3 saturated heterocycles. The van der Waals surface area contributed by atoms with Crippen molar-refractivity contribution in [3.63, 3.8) is 0 Å². The molecule has 0 N–H and O–H groups in total. The number of aromatic nitrogens is 2. The van der Waals surface area contributed by atoms with Crippen LogP contribution < -0.4 is 15.1 Å². The summed E-state index contributed by atoms with van der Waals surface area (Å²) in [6.45, 7) is 5.18. The maximum atomic E-state index is 5.26. The molecule has 0 radical (unpaired) electrons. The van der Waals surface area contributed by atoms with E-state index in [-0.39, 0.29) is 0 Å². The van der Waals surface area contributed by atoms with Gasteiger partial charge in [-0.15, -0.1) is 0 Å². The lowest BCUT2D eigenvalue weighted by molar-refractivity contribution is -0.00875. The van der Waals surface area contributed by atoms with Crippen molar-refractivity contribution < 1.29 is 4.74 Å². The Morgan fingerprint density at radius 2 is 2.00 bits per heavy atom. The van der Waals surface area contributed by atoms with Gasteiger partial charge in [-0.05, 0) is 51.9 Å². The van der Waals surface area contributed by atoms with Crippen LogP contribution in [0.3, 0.4) is 0 Å². The lowest BCUT2D eigenvalue weighted by atomic mass is 9.86. The van der Waals surface area contributed by atoms with Crippen LogP contribution in [-0.2, 0) is 6.54 Å². The summed E-state index contributed by atoms with van der Waals surface area (Å²) in [6, 6.07) is 5.58. The number of aryl methyl sites for hydroxylation is 1. The summed E-state index contributed by atoms with van der Waals surface area (Å²) in [5.74, 6) is 1.81. The van der Waals surface area contributed by atoms with E-state index in [0.717, 1.165) is 41.3 Å². The van der Waals surface area contributed by atoms with Crippen molar-refractivity contribution in [2.45, 2.75) is 32.0 Å². The van der Waals surface area contributed by atoms with Crippen LogP contribution in [-0.4, -0.2) is 55.0 Å². The van der Waals surface area contributed by atoms with Gasteiger partial charge in [0.2, 0.25) is 5.88 Å². The van der Waals surface area contributed by atoms with E-state index >= 15 is 0 Å². The summed E-state index contributed by atoms with van der Waals surface area (Å²) >= 11 is 3.53. The van der Waals surface area contributed by atoms with Crippen molar-refractivity contribution in [3.05, 3.63) is 40.1 Å². The van der Waals surface area contributed by atoms with Crippen LogP contribution in [0, 0.1) is 6.92 Å². The minimum absolute atomic E-state index is 0.604. The van der Waals surface area contributed by atoms with Crippen LogP contribution in [0.4, 0.5) is 5.82 Å². The van der Waals surface area contributed by atoms with Crippen molar-refractivity contribution in [1.29, 1.82) is 0 Å². The molecule has 7 heteroatoms. The van der Waals surface area contributed by atoms with Crippen LogP contribution in [0.5, 0.6) is 5.88 Å². The van der Waals surface area contributed by atoms with Crippen molar-refractivity contribution in [2.75, 3.05) is 25.1 Å². The van der Waals surface area contributed by atoms with E-state index in [9.17, 15) is 0 Å². The molecular formula is C18H22BBrN4O. The molecule has 130 valence electrons. The van der Waals surface area contributed by atoms with E-state index < -0.39 is 0 Å². The maximum absolute atomic E-state index is 5.26. The van der Waals surface area contributed by atoms with E-state index in [4.69, 9.17) is 4.74 Å². The van der Waals surface area contributed by atoms with Crippen LogP contribution >= 0.6 is 15.9 Å². The van der Waals surface area contributed by atoms with Gasteiger partial charge in [-0.1, -0.05) is 6.07 Å². The first kappa shape index (κ1) is 16.9. The number of rotatable bonds is 4. The minimum atomic E-state index is 0.604. The average molecular weight is 401 g/mol. The number of anilines is 1. The number of pyridine rings is 2. The molecule has 0 saturated carbocycles. The largest absolute Gasteiger partial charge is 0.481 e. The molecule has 5 rings (SSSR count). The van der Waals surface area contributed by atoms with E-state index in [1.54, 1.807) is 7.11 Å². The molecule has 0 spiro atoms. The van der Waals surface area contributed by atoms with E-state index in [1.165, 1.54) is 17.5 Å². The van der Waals surface area contributed by atoms with Crippen molar-refractivity contribution in [1.82, 2.24) is 14.9 Å². The van der Waals surface area contributed by atoms with Crippen LogP contribution in [0.25, 0.3) is 0 Å². The molecule has 2 aromatic heterocycles. The molecular weight excluding hydrogens is 379 g/mol. The zero-order chi connectivity index (χ0) is 17.6. The van der Waals surface area contributed by atoms with Gasteiger partial charge >= 0.3 is 0 Å². The summed E-state index contributed by atoms with van der Waals surface area (Å²) < 4.78 is 6.33. The van der Waals surface area contributed by atoms with Gasteiger partial charge in [-0.3, -0.25) is 4.90 Å². The first-order valence-corrected chi connectivity index (χ1v) is 9.47. The van der Waals surface area contributed by atoms with E-state index in [1.807, 2.05) is 12.4 Å². The highest BCUT2D eigenvalue weighted by Gasteiger charge is 2.44. The Hall–Kier alpha value is -1.60. The maximum Gasteiger partial charge on any atom is 0.206 e. The third-order valence-electron chi connectivity index (χ3n) is 5.35. The lowest BCUT2D eigenvalue weighted by Gasteiger charge is -2.56. The molecule has 5 heterocycles. The standard InChI is InChI=1S/C18H22BBrN4O/c1-11-3-17(21-7-16(11)20)23-9-13-5-14(10-23)24(13)8-12-4-15(19)18(25-2)22-6-12/h3-4,6-7,13-14H,5,8-10,19H2,1-2H3. The highest BCUT2D eigenvalue weighted by Crippen LogP contribution is 2.35. The van der Waals surface area contributed by atoms with Gasteiger partial charge in [0, 0.05) is 48.6 Å². The zero-order valence-corrected chi connectivity index (χ0v) is 16.5. The summed E-state index contributed by atoms with van der Waals surface area (Å²) in [5, 5.41) is 0. The van der Waals surface area contributed by atoms with Gasteiger partial charge in [0.25, 0.3) is 0 Å². The predicted octanol–water partition coefficient (Wildman–Crippen LogP) is 1.28. The van der Waals surface area contributed by atoms with Gasteiger partial charge in [0.05, 0.1) is 7.11 Å². The second kappa shape index (κ2) is 6.61. The SMILES string of the molecule is Bc1cc(CN2C3CC2CN(c2cc(C)c(Br)cn2)C3)cnc1OC. The highest BCUT2D eigenvalue weighted by molar-refractivity contribution is 9.10. The smallest absolute Gasteiger partial charge is 0.206 e. The molecule has 3 aliphatic rings. The molecule has 3 fully saturated rings. The summed E-state index contributed by atoms with van der Waals surface area (Å²) in [6.07, 6.45) is 5.14. The van der Waals surface area contributed by atoms with Gasteiger partial charge < -0.3 is 9.64 Å². The third-order valence-corrected chi connectivity index (χ3v) is 6.18. The lowest BCUT2D eigenvalue weighted by Crippen LogP contribution is -2.68. The van der Waals surface area contributed by atoms with Crippen molar-refractivity contribution in [2.24, 2.45) is 0 Å². The number of ether oxygens (including phenoxy) is 1. The van der Waals surface area contributed by atoms with Crippen molar-refractivity contribution in [3.8, 4) is 5.88 Å². The Labute approximate surface area is 157 Å². The predicted molar refractivity (Wildman–Crippen MR) is 106 cm³/mol. The molecule has 25 heavy (non-hydrogen) atoms. The molecule has 2 aromatic rings. The summed E-state index contributed by atoms with van der Waals surface area (Å²) in [5.41, 5.74) is 3.60. The molecule has 0 aliphatic carbocycles. The Bertz CT molecular complexity index is 791. The van der Waals surface area contributed by atoms with Gasteiger partial charge in [-0.2, -0.15) is 0 Å². The Balaban J connectivity index is 1.43. The van der Waals surface area contributed by atoms with E-state index in [0.29, 0.717) is 12.1 Å². The first-order valence-electron chi connectivity index (χ1n) is 8.67. The van der Waals surface area contributed by atoms with E-state index in [2.05, 4.69) is 62.6 Å². The van der Waals surface area contributed by atoms with Crippen molar-refractivity contribution >= 4 is 35.1 Å². The quantitative estimate of drug-likeness (QED) is 0.723. The molecule has 2 bridgehead atoms. The number of nitrogens with zero attached hydrogens (tertiary/aromatic N) is 4. The molecule has 0 aromatic carbocycles. The summed E-state index contributed by atoms with van der Waals surface area (Å²) in [4.78, 5) is 14.0. The fourth-order valence-corrected chi connectivity index (χ4v) is 4.18. The van der Waals surface area contributed by atoms with Crippen LogP contribution in [0.15, 0.2) is 29.0 Å². The second-order valence-electron chi connectivity index (χ2n) is 7.08.